The summed E-state index contributed by atoms with van der Waals surface area (Å²) in [5.74, 6) is 0. The highest BCUT2D eigenvalue weighted by Gasteiger charge is 2.16. The van der Waals surface area contributed by atoms with Crippen LogP contribution in [0.15, 0.2) is 0 Å². The smallest absolute Gasteiger partial charge is 0.151 e. The topological polar surface area (TPSA) is 46.3 Å². The van der Waals surface area contributed by atoms with Gasteiger partial charge in [0.25, 0.3) is 0 Å². The van der Waals surface area contributed by atoms with Gasteiger partial charge in [-0.1, -0.05) is 0 Å². The molecule has 1 atom stereocenters. The molecule has 1 unspecified atom stereocenters. The molecule has 9 heavy (non-hydrogen) atoms. The summed E-state index contributed by atoms with van der Waals surface area (Å²) in [5.41, 5.74) is 5.44. The molecule has 0 bridgehead atoms. The number of hydrogen-bond acceptors (Lipinski definition) is 3. The van der Waals surface area contributed by atoms with Crippen LogP contribution in [0, 0.1) is 0 Å². The lowest BCUT2D eigenvalue weighted by Gasteiger charge is -2.16. The fourth-order valence-electron chi connectivity index (χ4n) is 1.13. The van der Waals surface area contributed by atoms with Crippen molar-refractivity contribution < 1.29 is 4.79 Å². The Kier molecular flexibility index (Phi) is 2.19. The van der Waals surface area contributed by atoms with E-state index < -0.39 is 0 Å². The van der Waals surface area contributed by atoms with Crippen LogP contribution in [0.4, 0.5) is 0 Å². The Hall–Kier alpha value is -0.410. The van der Waals surface area contributed by atoms with Crippen LogP contribution in [0.5, 0.6) is 0 Å². The first-order valence-electron chi connectivity index (χ1n) is 3.29. The molecule has 52 valence electrons. The predicted octanol–water partition coefficient (Wildman–Crippen LogP) is -0.434. The van der Waals surface area contributed by atoms with Crippen LogP contribution in [-0.2, 0) is 4.79 Å². The third-order valence-corrected chi connectivity index (χ3v) is 1.70. The van der Waals surface area contributed by atoms with Crippen molar-refractivity contribution in [2.45, 2.75) is 19.0 Å². The summed E-state index contributed by atoms with van der Waals surface area (Å²) in [6.45, 7) is 1.97. The van der Waals surface area contributed by atoms with Gasteiger partial charge in [0.15, 0.2) is 6.29 Å². The van der Waals surface area contributed by atoms with Crippen LogP contribution in [0.3, 0.4) is 0 Å². The lowest BCUT2D eigenvalue weighted by Crippen LogP contribution is -2.41. The molecule has 1 fully saturated rings. The average molecular weight is 128 g/mol. The maximum absolute atomic E-state index is 10.1. The molecule has 0 aliphatic carbocycles. The van der Waals surface area contributed by atoms with E-state index in [0.717, 1.165) is 19.4 Å². The summed E-state index contributed by atoms with van der Waals surface area (Å²) in [6, 6.07) is 0. The first-order chi connectivity index (χ1) is 4.34. The second-order valence-electron chi connectivity index (χ2n) is 2.37. The Balaban J connectivity index is 2.32. The molecule has 1 heterocycles. The molecule has 0 radical (unpaired) electrons. The van der Waals surface area contributed by atoms with Crippen LogP contribution in [0.25, 0.3) is 0 Å². The average Bonchev–Trinajstić information content (AvgIpc) is 2.37. The minimum atomic E-state index is -0.354. The SMILES string of the molecule is NC(C=O)N1CCCC1. The number of hydrogen-bond donors (Lipinski definition) is 1. The molecule has 0 amide bonds. The summed E-state index contributed by atoms with van der Waals surface area (Å²) >= 11 is 0. The molecule has 0 aromatic carbocycles. The Bertz CT molecular complexity index is 99.2. The van der Waals surface area contributed by atoms with Crippen molar-refractivity contribution in [3.63, 3.8) is 0 Å². The Morgan fingerprint density at radius 3 is 2.44 bits per heavy atom. The monoisotopic (exact) mass is 128 g/mol. The summed E-state index contributed by atoms with van der Waals surface area (Å²) in [4.78, 5) is 12.1. The summed E-state index contributed by atoms with van der Waals surface area (Å²) in [5, 5.41) is 0. The van der Waals surface area contributed by atoms with Gasteiger partial charge in [0.05, 0.1) is 0 Å². The standard InChI is InChI=1S/C6H12N2O/c7-6(5-9)8-3-1-2-4-8/h5-6H,1-4,7H2. The van der Waals surface area contributed by atoms with E-state index in [1.54, 1.807) is 0 Å². The van der Waals surface area contributed by atoms with E-state index in [9.17, 15) is 4.79 Å². The van der Waals surface area contributed by atoms with E-state index in [4.69, 9.17) is 5.73 Å². The largest absolute Gasteiger partial charge is 0.310 e. The Labute approximate surface area is 54.8 Å². The van der Waals surface area contributed by atoms with Gasteiger partial charge in [-0.2, -0.15) is 0 Å². The molecule has 3 heteroatoms. The third kappa shape index (κ3) is 1.50. The summed E-state index contributed by atoms with van der Waals surface area (Å²) < 4.78 is 0. The van der Waals surface area contributed by atoms with Crippen molar-refractivity contribution in [1.29, 1.82) is 0 Å². The molecule has 1 rings (SSSR count). The van der Waals surface area contributed by atoms with Crippen molar-refractivity contribution in [1.82, 2.24) is 4.90 Å². The Morgan fingerprint density at radius 1 is 1.44 bits per heavy atom. The molecule has 1 saturated heterocycles. The number of carbonyl (C=O) groups excluding carboxylic acids is 1. The van der Waals surface area contributed by atoms with E-state index in [0.29, 0.717) is 0 Å². The van der Waals surface area contributed by atoms with Gasteiger partial charge in [-0.05, 0) is 12.8 Å². The molecule has 0 saturated carbocycles. The summed E-state index contributed by atoms with van der Waals surface area (Å²) in [7, 11) is 0. The highest BCUT2D eigenvalue weighted by Crippen LogP contribution is 2.07. The van der Waals surface area contributed by atoms with Gasteiger partial charge in [-0.15, -0.1) is 0 Å². The number of rotatable bonds is 2. The van der Waals surface area contributed by atoms with Crippen LogP contribution in [-0.4, -0.2) is 30.4 Å². The van der Waals surface area contributed by atoms with Gasteiger partial charge in [-0.3, -0.25) is 4.90 Å². The first-order valence-corrected chi connectivity index (χ1v) is 3.29. The quantitative estimate of drug-likeness (QED) is 0.513. The first kappa shape index (κ1) is 6.71. The zero-order valence-electron chi connectivity index (χ0n) is 5.42. The van der Waals surface area contributed by atoms with E-state index >= 15 is 0 Å². The van der Waals surface area contributed by atoms with E-state index in [1.807, 2.05) is 4.90 Å². The molecule has 1 aliphatic rings. The van der Waals surface area contributed by atoms with E-state index in [1.165, 1.54) is 12.8 Å². The molecule has 0 aromatic rings. The maximum Gasteiger partial charge on any atom is 0.151 e. The van der Waals surface area contributed by atoms with E-state index in [-0.39, 0.29) is 6.17 Å². The number of likely N-dealkylation sites (tertiary alicyclic amines) is 1. The zero-order chi connectivity index (χ0) is 6.69. The molecule has 0 aromatic heterocycles. The minimum absolute atomic E-state index is 0.354. The van der Waals surface area contributed by atoms with Crippen molar-refractivity contribution in [3.8, 4) is 0 Å². The van der Waals surface area contributed by atoms with Crippen molar-refractivity contribution in [3.05, 3.63) is 0 Å². The van der Waals surface area contributed by atoms with Gasteiger partial charge in [0, 0.05) is 13.1 Å². The van der Waals surface area contributed by atoms with Gasteiger partial charge < -0.3 is 10.5 Å². The zero-order valence-corrected chi connectivity index (χ0v) is 5.42. The van der Waals surface area contributed by atoms with Crippen LogP contribution < -0.4 is 5.73 Å². The second kappa shape index (κ2) is 2.94. The number of aldehydes is 1. The van der Waals surface area contributed by atoms with Crippen LogP contribution in [0.2, 0.25) is 0 Å². The number of nitrogens with two attached hydrogens (primary N) is 1. The number of nitrogens with zero attached hydrogens (tertiary/aromatic N) is 1. The normalized spacial score (nSPS) is 24.1. The minimum Gasteiger partial charge on any atom is -0.310 e. The maximum atomic E-state index is 10.1. The molecule has 2 N–H and O–H groups in total. The highest BCUT2D eigenvalue weighted by atomic mass is 16.1. The molecular formula is C6H12N2O. The lowest BCUT2D eigenvalue weighted by atomic mass is 10.4. The van der Waals surface area contributed by atoms with Gasteiger partial charge in [0.2, 0.25) is 0 Å². The van der Waals surface area contributed by atoms with E-state index in [2.05, 4.69) is 0 Å². The third-order valence-electron chi connectivity index (χ3n) is 1.70. The number of carbonyl (C=O) groups is 1. The fraction of sp³-hybridized carbons (Fsp3) is 0.833. The highest BCUT2D eigenvalue weighted by molar-refractivity contribution is 5.56. The van der Waals surface area contributed by atoms with Gasteiger partial charge >= 0.3 is 0 Å². The van der Waals surface area contributed by atoms with Crippen LogP contribution in [0.1, 0.15) is 12.8 Å². The van der Waals surface area contributed by atoms with Crippen molar-refractivity contribution in [2.24, 2.45) is 5.73 Å². The predicted molar refractivity (Wildman–Crippen MR) is 34.8 cm³/mol. The van der Waals surface area contributed by atoms with Crippen LogP contribution >= 0.6 is 0 Å². The molecular weight excluding hydrogens is 116 g/mol. The second-order valence-corrected chi connectivity index (χ2v) is 2.37. The van der Waals surface area contributed by atoms with Crippen molar-refractivity contribution in [2.75, 3.05) is 13.1 Å². The molecule has 1 aliphatic heterocycles. The fourth-order valence-corrected chi connectivity index (χ4v) is 1.13. The summed E-state index contributed by atoms with van der Waals surface area (Å²) in [6.07, 6.45) is 2.81. The van der Waals surface area contributed by atoms with Crippen molar-refractivity contribution >= 4 is 6.29 Å². The lowest BCUT2D eigenvalue weighted by molar-refractivity contribution is -0.111. The van der Waals surface area contributed by atoms with Gasteiger partial charge in [-0.25, -0.2) is 0 Å². The van der Waals surface area contributed by atoms with Gasteiger partial charge in [0.1, 0.15) is 6.17 Å². The molecule has 3 nitrogen and oxygen atoms in total. The molecule has 0 spiro atoms. The Morgan fingerprint density at radius 2 is 2.00 bits per heavy atom.